The van der Waals surface area contributed by atoms with Crippen LogP contribution in [0.25, 0.3) is 0 Å². The molecule has 2 unspecified atom stereocenters. The molecule has 4 fully saturated rings. The van der Waals surface area contributed by atoms with Crippen molar-refractivity contribution in [3.63, 3.8) is 0 Å². The summed E-state index contributed by atoms with van der Waals surface area (Å²) in [4.78, 5) is 0. The number of aliphatic hydroxyl groups is 1. The fourth-order valence-electron chi connectivity index (χ4n) is 4.56. The van der Waals surface area contributed by atoms with Crippen LogP contribution in [0.3, 0.4) is 0 Å². The van der Waals surface area contributed by atoms with Gasteiger partial charge in [-0.25, -0.2) is 0 Å². The topological polar surface area (TPSA) is 20.2 Å². The van der Waals surface area contributed by atoms with Crippen molar-refractivity contribution in [2.24, 2.45) is 17.3 Å². The molecule has 74 valence electrons. The zero-order valence-corrected chi connectivity index (χ0v) is 10.1. The lowest BCUT2D eigenvalue weighted by molar-refractivity contribution is -0.154. The molecule has 0 aromatic carbocycles. The van der Waals surface area contributed by atoms with Gasteiger partial charge in [-0.05, 0) is 55.8 Å². The molecule has 4 bridgehead atoms. The first-order valence-electron chi connectivity index (χ1n) is 5.42. The van der Waals surface area contributed by atoms with Crippen LogP contribution in [0.5, 0.6) is 0 Å². The molecule has 4 aliphatic carbocycles. The molecular weight excluding hydrogens is 275 g/mol. The van der Waals surface area contributed by atoms with E-state index >= 15 is 0 Å². The summed E-state index contributed by atoms with van der Waals surface area (Å²) in [5.41, 5.74) is 0.300. The Morgan fingerprint density at radius 3 is 2.23 bits per heavy atom. The van der Waals surface area contributed by atoms with Crippen molar-refractivity contribution in [1.82, 2.24) is 0 Å². The van der Waals surface area contributed by atoms with Crippen LogP contribution in [0.4, 0.5) is 0 Å². The molecule has 1 nitrogen and oxygen atoms in total. The van der Waals surface area contributed by atoms with Crippen molar-refractivity contribution < 1.29 is 5.11 Å². The molecule has 4 atom stereocenters. The maximum Gasteiger partial charge on any atom is 0.0658 e. The molecule has 0 aliphatic heterocycles. The van der Waals surface area contributed by atoms with E-state index < -0.39 is 0 Å². The van der Waals surface area contributed by atoms with Crippen molar-refractivity contribution in [2.45, 2.75) is 44.1 Å². The van der Waals surface area contributed by atoms with Crippen molar-refractivity contribution in [2.75, 3.05) is 4.43 Å². The highest BCUT2D eigenvalue weighted by atomic mass is 127. The fourth-order valence-corrected chi connectivity index (χ4v) is 5.45. The SMILES string of the molecule is OC12C[C@H]3C[C@@H](C1)CC(CI)(C3)C2. The summed E-state index contributed by atoms with van der Waals surface area (Å²) in [5, 5.41) is 10.4. The molecule has 2 heteroatoms. The van der Waals surface area contributed by atoms with Gasteiger partial charge in [0.1, 0.15) is 0 Å². The Morgan fingerprint density at radius 2 is 1.77 bits per heavy atom. The monoisotopic (exact) mass is 292 g/mol. The zero-order chi connectivity index (χ0) is 9.10. The van der Waals surface area contributed by atoms with E-state index in [1.165, 1.54) is 23.7 Å². The Kier molecular flexibility index (Phi) is 1.81. The minimum absolute atomic E-state index is 0.241. The van der Waals surface area contributed by atoms with Crippen molar-refractivity contribution >= 4 is 22.6 Å². The molecule has 13 heavy (non-hydrogen) atoms. The van der Waals surface area contributed by atoms with Crippen LogP contribution in [0, 0.1) is 17.3 Å². The van der Waals surface area contributed by atoms with Gasteiger partial charge in [-0.1, -0.05) is 22.6 Å². The highest BCUT2D eigenvalue weighted by Crippen LogP contribution is 2.61. The first kappa shape index (κ1) is 8.96. The minimum Gasteiger partial charge on any atom is -0.390 e. The smallest absolute Gasteiger partial charge is 0.0658 e. The third-order valence-electron chi connectivity index (χ3n) is 4.43. The molecule has 0 aromatic heterocycles. The highest BCUT2D eigenvalue weighted by Gasteiger charge is 2.56. The normalized spacial score (nSPS) is 58.6. The highest BCUT2D eigenvalue weighted by molar-refractivity contribution is 14.1. The Balaban J connectivity index is 1.95. The molecule has 4 rings (SSSR count). The number of rotatable bonds is 1. The molecule has 0 spiro atoms. The molecular formula is C11H17IO. The molecule has 0 aromatic rings. The maximum absolute atomic E-state index is 10.4. The average Bonchev–Trinajstić information content (AvgIpc) is 1.99. The Morgan fingerprint density at radius 1 is 1.15 bits per heavy atom. The van der Waals surface area contributed by atoms with Gasteiger partial charge in [0.2, 0.25) is 0 Å². The minimum atomic E-state index is -0.241. The number of hydrogen-bond acceptors (Lipinski definition) is 1. The standard InChI is InChI=1S/C11H17IO/c12-7-10-2-8-1-9(3-10)5-11(13,4-8)6-10/h8-9,13H,1-7H2/t8-,9+,10?,11?. The van der Waals surface area contributed by atoms with Crippen LogP contribution in [0.1, 0.15) is 38.5 Å². The van der Waals surface area contributed by atoms with Gasteiger partial charge in [-0.3, -0.25) is 0 Å². The molecule has 0 saturated heterocycles. The van der Waals surface area contributed by atoms with Crippen LogP contribution in [0.2, 0.25) is 0 Å². The first-order chi connectivity index (χ1) is 6.13. The second-order valence-corrected chi connectivity index (χ2v) is 6.58. The van der Waals surface area contributed by atoms with Gasteiger partial charge in [-0.15, -0.1) is 0 Å². The molecule has 0 radical (unpaired) electrons. The van der Waals surface area contributed by atoms with E-state index in [2.05, 4.69) is 22.6 Å². The van der Waals surface area contributed by atoms with Crippen LogP contribution < -0.4 is 0 Å². The van der Waals surface area contributed by atoms with Gasteiger partial charge in [0.05, 0.1) is 5.60 Å². The summed E-state index contributed by atoms with van der Waals surface area (Å²) in [6.45, 7) is 0. The Labute approximate surface area is 93.4 Å². The van der Waals surface area contributed by atoms with E-state index in [1.54, 1.807) is 0 Å². The van der Waals surface area contributed by atoms with E-state index in [-0.39, 0.29) is 5.60 Å². The van der Waals surface area contributed by atoms with Gasteiger partial charge in [0.25, 0.3) is 0 Å². The van der Waals surface area contributed by atoms with E-state index in [9.17, 15) is 5.11 Å². The molecule has 0 amide bonds. The fraction of sp³-hybridized carbons (Fsp3) is 1.00. The van der Waals surface area contributed by atoms with E-state index in [4.69, 9.17) is 0 Å². The number of hydrogen-bond donors (Lipinski definition) is 1. The van der Waals surface area contributed by atoms with Crippen LogP contribution in [-0.4, -0.2) is 15.1 Å². The van der Waals surface area contributed by atoms with Gasteiger partial charge in [-0.2, -0.15) is 0 Å². The summed E-state index contributed by atoms with van der Waals surface area (Å²) in [6, 6.07) is 0. The summed E-state index contributed by atoms with van der Waals surface area (Å²) in [7, 11) is 0. The largest absolute Gasteiger partial charge is 0.390 e. The quantitative estimate of drug-likeness (QED) is 0.582. The van der Waals surface area contributed by atoms with Crippen LogP contribution >= 0.6 is 22.6 Å². The van der Waals surface area contributed by atoms with Crippen LogP contribution in [0.15, 0.2) is 0 Å². The average molecular weight is 292 g/mol. The van der Waals surface area contributed by atoms with E-state index in [0.717, 1.165) is 31.1 Å². The molecule has 4 aliphatic rings. The summed E-state index contributed by atoms with van der Waals surface area (Å²) >= 11 is 2.53. The predicted molar refractivity (Wildman–Crippen MR) is 61.0 cm³/mol. The lowest BCUT2D eigenvalue weighted by Gasteiger charge is -2.60. The Bertz CT molecular complexity index is 224. The summed E-state index contributed by atoms with van der Waals surface area (Å²) < 4.78 is 1.26. The summed E-state index contributed by atoms with van der Waals surface area (Å²) in [6.07, 6.45) is 7.57. The van der Waals surface area contributed by atoms with Crippen molar-refractivity contribution in [3.8, 4) is 0 Å². The van der Waals surface area contributed by atoms with Gasteiger partial charge < -0.3 is 5.11 Å². The lowest BCUT2D eigenvalue weighted by Crippen LogP contribution is -2.56. The van der Waals surface area contributed by atoms with Crippen molar-refractivity contribution in [3.05, 3.63) is 0 Å². The van der Waals surface area contributed by atoms with Crippen molar-refractivity contribution in [1.29, 1.82) is 0 Å². The third kappa shape index (κ3) is 1.28. The van der Waals surface area contributed by atoms with Gasteiger partial charge >= 0.3 is 0 Å². The van der Waals surface area contributed by atoms with E-state index in [0.29, 0.717) is 5.41 Å². The predicted octanol–water partition coefficient (Wildman–Crippen LogP) is 2.75. The molecule has 0 heterocycles. The van der Waals surface area contributed by atoms with Gasteiger partial charge in [0.15, 0.2) is 0 Å². The third-order valence-corrected chi connectivity index (χ3v) is 6.05. The second kappa shape index (κ2) is 2.63. The molecule has 1 N–H and O–H groups in total. The maximum atomic E-state index is 10.4. The first-order valence-corrected chi connectivity index (χ1v) is 6.94. The number of alkyl halides is 1. The van der Waals surface area contributed by atoms with Gasteiger partial charge in [0, 0.05) is 4.43 Å². The lowest BCUT2D eigenvalue weighted by atomic mass is 9.48. The van der Waals surface area contributed by atoms with Crippen LogP contribution in [-0.2, 0) is 0 Å². The summed E-state index contributed by atoms with van der Waals surface area (Å²) in [5.74, 6) is 1.72. The molecule has 4 saturated carbocycles. The zero-order valence-electron chi connectivity index (χ0n) is 7.93. The van der Waals surface area contributed by atoms with E-state index in [1.807, 2.05) is 0 Å². The second-order valence-electron chi connectivity index (χ2n) is 5.82. The Hall–Kier alpha value is 0.690. The number of halogens is 1.